The third-order valence-electron chi connectivity index (χ3n) is 2.65. The van der Waals surface area contributed by atoms with Gasteiger partial charge in [-0.25, -0.2) is 4.98 Å². The molecule has 17 heavy (non-hydrogen) atoms. The second kappa shape index (κ2) is 7.81. The van der Waals surface area contributed by atoms with E-state index in [1.165, 1.54) is 19.3 Å². The highest BCUT2D eigenvalue weighted by atomic mass is 14.8. The zero-order chi connectivity index (χ0) is 12.5. The van der Waals surface area contributed by atoms with Crippen molar-refractivity contribution in [2.75, 3.05) is 6.54 Å². The Labute approximate surface area is 104 Å². The molecule has 0 radical (unpaired) electrons. The number of pyridine rings is 1. The molecule has 0 saturated heterocycles. The summed E-state index contributed by atoms with van der Waals surface area (Å²) in [5.74, 6) is 0.799. The van der Waals surface area contributed by atoms with E-state index in [2.05, 4.69) is 30.2 Å². The molecule has 0 atom stereocenters. The van der Waals surface area contributed by atoms with Crippen molar-refractivity contribution in [3.8, 4) is 6.07 Å². The maximum atomic E-state index is 8.72. The first kappa shape index (κ1) is 13.7. The topological polar surface area (TPSA) is 48.7 Å². The van der Waals surface area contributed by atoms with Gasteiger partial charge in [-0.15, -0.1) is 0 Å². The highest BCUT2D eigenvalue weighted by molar-refractivity contribution is 5.25. The van der Waals surface area contributed by atoms with E-state index >= 15 is 0 Å². The van der Waals surface area contributed by atoms with Crippen LogP contribution >= 0.6 is 0 Å². The summed E-state index contributed by atoms with van der Waals surface area (Å²) in [6, 6.07) is 5.83. The van der Waals surface area contributed by atoms with Crippen LogP contribution in [0.3, 0.4) is 0 Å². The quantitative estimate of drug-likeness (QED) is 0.734. The number of nitrogens with one attached hydrogen (secondary N) is 1. The molecule has 0 aromatic carbocycles. The highest BCUT2D eigenvalue weighted by Gasteiger charge is 1.97. The van der Waals surface area contributed by atoms with Crippen molar-refractivity contribution in [2.45, 2.75) is 39.7 Å². The SMILES string of the molecule is CC(C)CCCCNCc1ccnc(C#N)c1. The van der Waals surface area contributed by atoms with Gasteiger partial charge in [0.05, 0.1) is 0 Å². The van der Waals surface area contributed by atoms with Crippen molar-refractivity contribution in [1.29, 1.82) is 5.26 Å². The molecule has 1 aromatic heterocycles. The Morgan fingerprint density at radius 3 is 2.94 bits per heavy atom. The van der Waals surface area contributed by atoms with E-state index in [0.29, 0.717) is 5.69 Å². The Hall–Kier alpha value is -1.40. The fourth-order valence-corrected chi connectivity index (χ4v) is 1.68. The van der Waals surface area contributed by atoms with Crippen LogP contribution < -0.4 is 5.32 Å². The summed E-state index contributed by atoms with van der Waals surface area (Å²) in [5.41, 5.74) is 1.62. The van der Waals surface area contributed by atoms with Crippen LogP contribution in [0.25, 0.3) is 0 Å². The first-order valence-corrected chi connectivity index (χ1v) is 6.28. The molecule has 92 valence electrons. The van der Waals surface area contributed by atoms with Crippen LogP contribution in [0.15, 0.2) is 18.3 Å². The molecule has 0 saturated carbocycles. The Kier molecular flexibility index (Phi) is 6.27. The average Bonchev–Trinajstić information content (AvgIpc) is 2.33. The molecule has 3 heteroatoms. The largest absolute Gasteiger partial charge is 0.313 e. The van der Waals surface area contributed by atoms with E-state index in [4.69, 9.17) is 5.26 Å². The van der Waals surface area contributed by atoms with Gasteiger partial charge in [-0.2, -0.15) is 5.26 Å². The van der Waals surface area contributed by atoms with E-state index in [1.807, 2.05) is 12.1 Å². The molecule has 0 amide bonds. The van der Waals surface area contributed by atoms with Crippen molar-refractivity contribution < 1.29 is 0 Å². The summed E-state index contributed by atoms with van der Waals surface area (Å²) in [4.78, 5) is 3.95. The van der Waals surface area contributed by atoms with Crippen LogP contribution in [0.5, 0.6) is 0 Å². The molecule has 0 bridgehead atoms. The summed E-state index contributed by atoms with van der Waals surface area (Å²) < 4.78 is 0. The number of rotatable bonds is 7. The molecule has 1 heterocycles. The maximum absolute atomic E-state index is 8.72. The number of nitrogens with zero attached hydrogens (tertiary/aromatic N) is 2. The summed E-state index contributed by atoms with van der Waals surface area (Å²) in [7, 11) is 0. The minimum Gasteiger partial charge on any atom is -0.313 e. The lowest BCUT2D eigenvalue weighted by Crippen LogP contribution is -2.15. The van der Waals surface area contributed by atoms with Gasteiger partial charge in [0.1, 0.15) is 11.8 Å². The maximum Gasteiger partial charge on any atom is 0.140 e. The van der Waals surface area contributed by atoms with Crippen molar-refractivity contribution in [3.63, 3.8) is 0 Å². The van der Waals surface area contributed by atoms with E-state index in [1.54, 1.807) is 6.20 Å². The first-order chi connectivity index (χ1) is 8.22. The summed E-state index contributed by atoms with van der Waals surface area (Å²) in [6.07, 6.45) is 5.49. The molecule has 3 nitrogen and oxygen atoms in total. The van der Waals surface area contributed by atoms with Crippen LogP contribution in [-0.2, 0) is 6.54 Å². The predicted octanol–water partition coefficient (Wildman–Crippen LogP) is 2.87. The van der Waals surface area contributed by atoms with Crippen LogP contribution in [0.4, 0.5) is 0 Å². The van der Waals surface area contributed by atoms with E-state index < -0.39 is 0 Å². The molecule has 0 aliphatic carbocycles. The Morgan fingerprint density at radius 1 is 1.41 bits per heavy atom. The van der Waals surface area contributed by atoms with Gasteiger partial charge < -0.3 is 5.32 Å². The van der Waals surface area contributed by atoms with Crippen molar-refractivity contribution >= 4 is 0 Å². The predicted molar refractivity (Wildman–Crippen MR) is 69.3 cm³/mol. The number of aromatic nitrogens is 1. The summed E-state index contributed by atoms with van der Waals surface area (Å²) >= 11 is 0. The molecule has 0 unspecified atom stereocenters. The lowest BCUT2D eigenvalue weighted by atomic mass is 10.1. The lowest BCUT2D eigenvalue weighted by Gasteiger charge is -2.06. The standard InChI is InChI=1S/C14H21N3/c1-12(2)5-3-4-7-16-11-13-6-8-17-14(9-13)10-15/h6,8-9,12,16H,3-5,7,11H2,1-2H3. The summed E-state index contributed by atoms with van der Waals surface area (Å²) in [6.45, 7) is 6.37. The Morgan fingerprint density at radius 2 is 2.24 bits per heavy atom. The highest BCUT2D eigenvalue weighted by Crippen LogP contribution is 2.05. The van der Waals surface area contributed by atoms with Gasteiger partial charge in [0.15, 0.2) is 0 Å². The second-order valence-electron chi connectivity index (χ2n) is 4.73. The second-order valence-corrected chi connectivity index (χ2v) is 4.73. The van der Waals surface area contributed by atoms with Gasteiger partial charge in [-0.3, -0.25) is 0 Å². The van der Waals surface area contributed by atoms with Crippen LogP contribution in [0.2, 0.25) is 0 Å². The molecule has 1 N–H and O–H groups in total. The van der Waals surface area contributed by atoms with Gasteiger partial charge in [0, 0.05) is 12.7 Å². The van der Waals surface area contributed by atoms with E-state index in [9.17, 15) is 0 Å². The van der Waals surface area contributed by atoms with Crippen molar-refractivity contribution in [2.24, 2.45) is 5.92 Å². The molecule has 0 aliphatic heterocycles. The van der Waals surface area contributed by atoms with Crippen LogP contribution in [0.1, 0.15) is 44.4 Å². The molecule has 1 rings (SSSR count). The lowest BCUT2D eigenvalue weighted by molar-refractivity contribution is 0.520. The van der Waals surface area contributed by atoms with Crippen molar-refractivity contribution in [1.82, 2.24) is 10.3 Å². The molecule has 0 aliphatic rings. The van der Waals surface area contributed by atoms with Crippen LogP contribution in [-0.4, -0.2) is 11.5 Å². The molecular weight excluding hydrogens is 210 g/mol. The third-order valence-corrected chi connectivity index (χ3v) is 2.65. The van der Waals surface area contributed by atoms with Gasteiger partial charge in [-0.05, 0) is 36.6 Å². The molecule has 0 fully saturated rings. The normalized spacial score (nSPS) is 10.5. The Bertz CT molecular complexity index is 366. The summed E-state index contributed by atoms with van der Waals surface area (Å²) in [5, 5.41) is 12.1. The Balaban J connectivity index is 2.16. The fourth-order valence-electron chi connectivity index (χ4n) is 1.68. The number of hydrogen-bond acceptors (Lipinski definition) is 3. The van der Waals surface area contributed by atoms with Gasteiger partial charge >= 0.3 is 0 Å². The number of unbranched alkanes of at least 4 members (excludes halogenated alkanes) is 1. The first-order valence-electron chi connectivity index (χ1n) is 6.28. The zero-order valence-corrected chi connectivity index (χ0v) is 10.7. The van der Waals surface area contributed by atoms with E-state index in [0.717, 1.165) is 24.6 Å². The average molecular weight is 231 g/mol. The van der Waals surface area contributed by atoms with Crippen LogP contribution in [0, 0.1) is 17.2 Å². The molecule has 1 aromatic rings. The minimum absolute atomic E-state index is 0.490. The monoisotopic (exact) mass is 231 g/mol. The van der Waals surface area contributed by atoms with Gasteiger partial charge in [0.2, 0.25) is 0 Å². The minimum atomic E-state index is 0.490. The smallest absolute Gasteiger partial charge is 0.140 e. The van der Waals surface area contributed by atoms with Gasteiger partial charge in [0.25, 0.3) is 0 Å². The van der Waals surface area contributed by atoms with Crippen molar-refractivity contribution in [3.05, 3.63) is 29.6 Å². The van der Waals surface area contributed by atoms with E-state index in [-0.39, 0.29) is 0 Å². The zero-order valence-electron chi connectivity index (χ0n) is 10.7. The molecular formula is C14H21N3. The van der Waals surface area contributed by atoms with Gasteiger partial charge in [-0.1, -0.05) is 26.7 Å². The third kappa shape index (κ3) is 6.03. The number of hydrogen-bond donors (Lipinski definition) is 1. The molecule has 0 spiro atoms. The fraction of sp³-hybridized carbons (Fsp3) is 0.571. The number of nitriles is 1.